The second-order valence-corrected chi connectivity index (χ2v) is 22.1. The van der Waals surface area contributed by atoms with Crippen LogP contribution < -0.4 is 5.32 Å². The number of amides is 1. The standard InChI is InChI=1S/C50H77NO11/c1-28(2)31-17-22-50(45(58)51-25-11-14-30-12-9-8-10-13-30)24-23-48(6)32(37(31)50)15-16-35-46(4)20-19-36(47(5,27-52)34(46)18-21-49(35,48)7)61-44-42(39(55)33(53)26-59-44)62-43-41(57)40(56)38(54)29(3)60-43/h8-10,12-13,29,31-44,52-57H,1,11,14-27H2,2-7H3,(H,51,58)/t29-,31-,32+,33-,34+,35+,36-,37+,38-,39-,40+,41+,42+,43-,44-,46-,47-,48+,49+,50-/m0/s1. The van der Waals surface area contributed by atoms with Gasteiger partial charge in [-0.2, -0.15) is 0 Å². The number of aliphatic hydroxyl groups excluding tert-OH is 6. The third-order valence-electron chi connectivity index (χ3n) is 19.2. The van der Waals surface area contributed by atoms with Crippen LogP contribution in [0.2, 0.25) is 0 Å². The molecule has 7 N–H and O–H groups in total. The van der Waals surface area contributed by atoms with Crippen molar-refractivity contribution >= 4 is 5.91 Å². The molecule has 5 aliphatic carbocycles. The number of rotatable bonds is 11. The highest BCUT2D eigenvalue weighted by Gasteiger charge is 2.72. The zero-order valence-corrected chi connectivity index (χ0v) is 38.1. The van der Waals surface area contributed by atoms with Gasteiger partial charge in [-0.1, -0.05) is 70.2 Å². The lowest BCUT2D eigenvalue weighted by atomic mass is 9.32. The lowest BCUT2D eigenvalue weighted by molar-refractivity contribution is -0.366. The SMILES string of the molecule is C=C(C)[C@@H]1CC[C@]2(C(=O)NCCCc3ccccc3)CC[C@]3(C)[C@H](CC[C@@H]4[C@@]5(C)CC[C@H](O[C@@H]6OC[C@H](O)[C@H](O)[C@H]6O[C@@H]6O[C@@H](C)[C@H](O)[C@@H](O)[C@H]6O)[C@@](C)(CO)[C@@H]5CC[C@]43C)[C@@H]12. The number of carbonyl (C=O) groups excluding carboxylic acids is 1. The normalized spacial score (nSPS) is 50.1. The Morgan fingerprint density at radius 1 is 0.823 bits per heavy atom. The Kier molecular flexibility index (Phi) is 13.0. The van der Waals surface area contributed by atoms with E-state index in [2.05, 4.69) is 70.8 Å². The summed E-state index contributed by atoms with van der Waals surface area (Å²) in [4.78, 5) is 14.6. The number of benzene rings is 1. The van der Waals surface area contributed by atoms with Crippen LogP contribution in [0.1, 0.15) is 118 Å². The second kappa shape index (κ2) is 17.4. The molecule has 8 rings (SSSR count). The minimum atomic E-state index is -1.62. The van der Waals surface area contributed by atoms with Gasteiger partial charge < -0.3 is 54.9 Å². The van der Waals surface area contributed by atoms with E-state index in [9.17, 15) is 35.4 Å². The molecule has 1 aromatic rings. The Labute approximate surface area is 369 Å². The average molecular weight is 868 g/mol. The van der Waals surface area contributed by atoms with Gasteiger partial charge in [0.2, 0.25) is 5.91 Å². The van der Waals surface area contributed by atoms with Crippen LogP contribution in [0.15, 0.2) is 42.5 Å². The molecule has 1 aromatic carbocycles. The maximum absolute atomic E-state index is 14.6. The second-order valence-electron chi connectivity index (χ2n) is 22.1. The summed E-state index contributed by atoms with van der Waals surface area (Å²) in [6.07, 6.45) is -1.14. The molecule has 20 atom stereocenters. The molecule has 62 heavy (non-hydrogen) atoms. The van der Waals surface area contributed by atoms with Crippen LogP contribution in [0.4, 0.5) is 0 Å². The minimum Gasteiger partial charge on any atom is -0.396 e. The van der Waals surface area contributed by atoms with Crippen molar-refractivity contribution in [3.05, 3.63) is 48.0 Å². The van der Waals surface area contributed by atoms with Gasteiger partial charge in [0, 0.05) is 12.0 Å². The Balaban J connectivity index is 1.00. The fraction of sp³-hybridized carbons (Fsp3) is 0.820. The van der Waals surface area contributed by atoms with Gasteiger partial charge in [-0.3, -0.25) is 4.79 Å². The number of hydrogen-bond acceptors (Lipinski definition) is 11. The van der Waals surface area contributed by atoms with Crippen LogP contribution >= 0.6 is 0 Å². The van der Waals surface area contributed by atoms with Crippen LogP contribution in [0.5, 0.6) is 0 Å². The van der Waals surface area contributed by atoms with Crippen LogP contribution in [0.25, 0.3) is 0 Å². The number of aryl methyl sites for hydroxylation is 1. The molecule has 0 unspecified atom stereocenters. The molecule has 348 valence electrons. The van der Waals surface area contributed by atoms with Crippen LogP contribution in [-0.2, 0) is 30.2 Å². The number of aliphatic hydroxyl groups is 6. The van der Waals surface area contributed by atoms with Crippen molar-refractivity contribution in [3.63, 3.8) is 0 Å². The quantitative estimate of drug-likeness (QED) is 0.0898. The summed E-state index contributed by atoms with van der Waals surface area (Å²) in [5, 5.41) is 68.2. The predicted octanol–water partition coefficient (Wildman–Crippen LogP) is 5.04. The number of allylic oxidation sites excluding steroid dienone is 1. The summed E-state index contributed by atoms with van der Waals surface area (Å²) in [5.74, 6) is 1.77. The highest BCUT2D eigenvalue weighted by Crippen LogP contribution is 2.77. The van der Waals surface area contributed by atoms with Gasteiger partial charge in [0.05, 0.1) is 30.8 Å². The van der Waals surface area contributed by atoms with Gasteiger partial charge >= 0.3 is 0 Å². The number of carbonyl (C=O) groups is 1. The maximum atomic E-state index is 14.6. The Bertz CT molecular complexity index is 1770. The van der Waals surface area contributed by atoms with Crippen molar-refractivity contribution in [1.82, 2.24) is 5.32 Å². The van der Waals surface area contributed by atoms with Gasteiger partial charge in [0.1, 0.15) is 36.6 Å². The summed E-state index contributed by atoms with van der Waals surface area (Å²) < 4.78 is 24.6. The largest absolute Gasteiger partial charge is 0.396 e. The molecule has 7 aliphatic rings. The highest BCUT2D eigenvalue weighted by molar-refractivity contribution is 5.84. The van der Waals surface area contributed by atoms with Crippen molar-refractivity contribution < 1.29 is 54.4 Å². The van der Waals surface area contributed by atoms with E-state index in [0.29, 0.717) is 30.7 Å². The smallest absolute Gasteiger partial charge is 0.226 e. The lowest BCUT2D eigenvalue weighted by Gasteiger charge is -2.73. The van der Waals surface area contributed by atoms with Crippen LogP contribution in [0, 0.1) is 56.7 Å². The van der Waals surface area contributed by atoms with Gasteiger partial charge in [-0.15, -0.1) is 0 Å². The topological polar surface area (TPSA) is 187 Å². The van der Waals surface area contributed by atoms with Gasteiger partial charge in [-0.05, 0) is 142 Å². The van der Waals surface area contributed by atoms with Crippen molar-refractivity contribution in [3.8, 4) is 0 Å². The number of hydrogen-bond donors (Lipinski definition) is 7. The Hall–Kier alpha value is -1.97. The molecule has 0 radical (unpaired) electrons. The molecule has 5 saturated carbocycles. The Morgan fingerprint density at radius 3 is 2.27 bits per heavy atom. The molecular weight excluding hydrogens is 791 g/mol. The number of fused-ring (bicyclic) bond motifs is 7. The summed E-state index contributed by atoms with van der Waals surface area (Å²) in [6.45, 7) is 18.3. The third kappa shape index (κ3) is 7.37. The van der Waals surface area contributed by atoms with Gasteiger partial charge in [0.25, 0.3) is 0 Å². The molecule has 0 aromatic heterocycles. The molecule has 2 aliphatic heterocycles. The van der Waals surface area contributed by atoms with Crippen molar-refractivity contribution in [2.75, 3.05) is 19.8 Å². The zero-order chi connectivity index (χ0) is 44.6. The van der Waals surface area contributed by atoms with Crippen molar-refractivity contribution in [1.29, 1.82) is 0 Å². The monoisotopic (exact) mass is 868 g/mol. The fourth-order valence-corrected chi connectivity index (χ4v) is 15.6. The first-order chi connectivity index (χ1) is 29.4. The molecule has 7 fully saturated rings. The van der Waals surface area contributed by atoms with E-state index in [0.717, 1.165) is 70.6 Å². The molecule has 1 amide bonds. The molecular formula is C50H77NO11. The van der Waals surface area contributed by atoms with E-state index >= 15 is 0 Å². The van der Waals surface area contributed by atoms with E-state index in [4.69, 9.17) is 18.9 Å². The van der Waals surface area contributed by atoms with E-state index < -0.39 is 66.8 Å². The van der Waals surface area contributed by atoms with Crippen molar-refractivity contribution in [2.45, 2.75) is 180 Å². The highest BCUT2D eigenvalue weighted by atomic mass is 16.8. The Morgan fingerprint density at radius 2 is 1.56 bits per heavy atom. The summed E-state index contributed by atoms with van der Waals surface area (Å²) in [7, 11) is 0. The average Bonchev–Trinajstić information content (AvgIpc) is 3.66. The van der Waals surface area contributed by atoms with E-state index in [1.807, 2.05) is 6.07 Å². The number of ether oxygens (including phenoxy) is 4. The van der Waals surface area contributed by atoms with Crippen molar-refractivity contribution in [2.24, 2.45) is 56.7 Å². The molecule has 12 nitrogen and oxygen atoms in total. The molecule has 0 bridgehead atoms. The summed E-state index contributed by atoms with van der Waals surface area (Å²) in [5.41, 5.74) is 1.41. The van der Waals surface area contributed by atoms with Gasteiger partial charge in [-0.25, -0.2) is 0 Å². The van der Waals surface area contributed by atoms with Gasteiger partial charge in [0.15, 0.2) is 12.6 Å². The third-order valence-corrected chi connectivity index (χ3v) is 19.2. The number of nitrogens with one attached hydrogen (secondary N) is 1. The molecule has 12 heteroatoms. The summed E-state index contributed by atoms with van der Waals surface area (Å²) >= 11 is 0. The molecule has 2 saturated heterocycles. The lowest BCUT2D eigenvalue weighted by Crippen LogP contribution is -2.68. The molecule has 2 heterocycles. The maximum Gasteiger partial charge on any atom is 0.226 e. The first kappa shape index (κ1) is 46.6. The van der Waals surface area contributed by atoms with E-state index in [-0.39, 0.29) is 52.6 Å². The predicted molar refractivity (Wildman–Crippen MR) is 232 cm³/mol. The van der Waals surface area contributed by atoms with E-state index in [1.165, 1.54) is 11.1 Å². The zero-order valence-electron chi connectivity index (χ0n) is 38.1. The first-order valence-corrected chi connectivity index (χ1v) is 23.9. The van der Waals surface area contributed by atoms with Crippen LogP contribution in [-0.4, -0.2) is 118 Å². The minimum absolute atomic E-state index is 0.0214. The van der Waals surface area contributed by atoms with Crippen LogP contribution in [0.3, 0.4) is 0 Å². The molecule has 0 spiro atoms. The summed E-state index contributed by atoms with van der Waals surface area (Å²) in [6, 6.07) is 10.5. The first-order valence-electron chi connectivity index (χ1n) is 23.9. The van der Waals surface area contributed by atoms with E-state index in [1.54, 1.807) is 6.92 Å². The fourth-order valence-electron chi connectivity index (χ4n) is 15.6.